The number of carbonyl (C=O) groups is 1. The fraction of sp³-hybridized carbons (Fsp3) is 0.211. The van der Waals surface area contributed by atoms with Crippen molar-refractivity contribution in [1.82, 2.24) is 14.8 Å². The van der Waals surface area contributed by atoms with Crippen molar-refractivity contribution in [2.45, 2.75) is 31.2 Å². The molecule has 1 amide bonds. The zero-order valence-corrected chi connectivity index (χ0v) is 17.1. The first-order valence-electron chi connectivity index (χ1n) is 8.11. The van der Waals surface area contributed by atoms with Crippen molar-refractivity contribution >= 4 is 33.6 Å². The van der Waals surface area contributed by atoms with Crippen LogP contribution in [0.5, 0.6) is 0 Å². The molecule has 0 aliphatic heterocycles. The lowest BCUT2D eigenvalue weighted by atomic mass is 10.1. The molecule has 2 aromatic carbocycles. The summed E-state index contributed by atoms with van der Waals surface area (Å²) in [5, 5.41) is 8.96. The molecule has 2 N–H and O–H groups in total. The van der Waals surface area contributed by atoms with Crippen LogP contribution in [0.15, 0.2) is 52.1 Å². The number of thioether (sulfide) groups is 1. The number of carbonyl (C=O) groups excluding carboxylic acids is 1. The van der Waals surface area contributed by atoms with Gasteiger partial charge in [-0.15, -0.1) is 10.2 Å². The van der Waals surface area contributed by atoms with Gasteiger partial charge in [0, 0.05) is 10.0 Å². The Morgan fingerprint density at radius 1 is 1.12 bits per heavy atom. The lowest BCUT2D eigenvalue weighted by molar-refractivity contribution is -0.117. The van der Waals surface area contributed by atoms with Crippen molar-refractivity contribution in [3.8, 4) is 17.1 Å². The van der Waals surface area contributed by atoms with Crippen molar-refractivity contribution < 1.29 is 4.79 Å². The summed E-state index contributed by atoms with van der Waals surface area (Å²) in [6.45, 7) is 5.88. The van der Waals surface area contributed by atoms with Gasteiger partial charge in [0.15, 0.2) is 11.0 Å². The van der Waals surface area contributed by atoms with Gasteiger partial charge in [-0.05, 0) is 56.2 Å². The lowest BCUT2D eigenvalue weighted by Crippen LogP contribution is -2.23. The fourth-order valence-electron chi connectivity index (χ4n) is 2.66. The highest BCUT2D eigenvalue weighted by Crippen LogP contribution is 2.31. The largest absolute Gasteiger partial charge is 0.369 e. The molecule has 3 rings (SSSR count). The van der Waals surface area contributed by atoms with Crippen molar-refractivity contribution in [3.63, 3.8) is 0 Å². The first-order chi connectivity index (χ1) is 12.3. The van der Waals surface area contributed by atoms with Gasteiger partial charge < -0.3 is 5.73 Å². The van der Waals surface area contributed by atoms with E-state index in [1.54, 1.807) is 6.92 Å². The van der Waals surface area contributed by atoms with Crippen molar-refractivity contribution in [3.05, 3.63) is 58.1 Å². The molecular formula is C19H19BrN4OS. The van der Waals surface area contributed by atoms with E-state index in [1.807, 2.05) is 28.8 Å². The van der Waals surface area contributed by atoms with E-state index in [1.165, 1.54) is 11.8 Å². The van der Waals surface area contributed by atoms with E-state index < -0.39 is 5.25 Å². The minimum Gasteiger partial charge on any atom is -0.369 e. The van der Waals surface area contributed by atoms with Crippen LogP contribution in [0.1, 0.15) is 18.1 Å². The summed E-state index contributed by atoms with van der Waals surface area (Å²) in [5.74, 6) is 0.344. The number of aromatic nitrogens is 3. The van der Waals surface area contributed by atoms with Crippen LogP contribution >= 0.6 is 27.7 Å². The second-order valence-electron chi connectivity index (χ2n) is 6.16. The van der Waals surface area contributed by atoms with Gasteiger partial charge in [-0.3, -0.25) is 9.36 Å². The molecule has 134 valence electrons. The Morgan fingerprint density at radius 2 is 1.73 bits per heavy atom. The van der Waals surface area contributed by atoms with E-state index in [2.05, 4.69) is 58.2 Å². The number of nitrogens with zero attached hydrogens (tertiary/aromatic N) is 3. The predicted molar refractivity (Wildman–Crippen MR) is 108 cm³/mol. The van der Waals surface area contributed by atoms with Gasteiger partial charge in [0.1, 0.15) is 0 Å². The molecule has 0 fully saturated rings. The van der Waals surface area contributed by atoms with Crippen LogP contribution in [-0.2, 0) is 4.79 Å². The van der Waals surface area contributed by atoms with Crippen molar-refractivity contribution in [1.29, 1.82) is 0 Å². The molecule has 5 nitrogen and oxygen atoms in total. The van der Waals surface area contributed by atoms with E-state index in [0.717, 1.165) is 32.7 Å². The fourth-order valence-corrected chi connectivity index (χ4v) is 3.74. The monoisotopic (exact) mass is 430 g/mol. The molecule has 0 bridgehead atoms. The topological polar surface area (TPSA) is 73.8 Å². The third-order valence-electron chi connectivity index (χ3n) is 3.88. The molecule has 0 aliphatic carbocycles. The maximum atomic E-state index is 11.5. The summed E-state index contributed by atoms with van der Waals surface area (Å²) < 4.78 is 2.98. The average molecular weight is 431 g/mol. The van der Waals surface area contributed by atoms with Gasteiger partial charge >= 0.3 is 0 Å². The zero-order chi connectivity index (χ0) is 18.8. The standard InChI is InChI=1S/C19H19BrN4OS/c1-11-8-12(2)10-16(9-11)24-18(14-4-6-15(20)7-5-14)22-23-19(24)26-13(3)17(21)25/h4-10,13H,1-3H3,(H2,21,25). The van der Waals surface area contributed by atoms with Crippen LogP contribution in [0.2, 0.25) is 0 Å². The van der Waals surface area contributed by atoms with E-state index in [-0.39, 0.29) is 5.91 Å². The van der Waals surface area contributed by atoms with Crippen LogP contribution in [0, 0.1) is 13.8 Å². The Bertz CT molecular complexity index is 932. The number of rotatable bonds is 5. The molecule has 0 radical (unpaired) electrons. The van der Waals surface area contributed by atoms with Crippen molar-refractivity contribution in [2.24, 2.45) is 5.73 Å². The molecular weight excluding hydrogens is 412 g/mol. The Hall–Kier alpha value is -2.12. The van der Waals surface area contributed by atoms with Gasteiger partial charge in [-0.1, -0.05) is 45.9 Å². The zero-order valence-electron chi connectivity index (χ0n) is 14.7. The van der Waals surface area contributed by atoms with Gasteiger partial charge in [0.25, 0.3) is 0 Å². The van der Waals surface area contributed by atoms with Gasteiger partial charge in [-0.2, -0.15) is 0 Å². The van der Waals surface area contributed by atoms with Crippen LogP contribution in [0.3, 0.4) is 0 Å². The molecule has 1 aromatic heterocycles. The molecule has 3 aromatic rings. The maximum absolute atomic E-state index is 11.5. The van der Waals surface area contributed by atoms with E-state index in [0.29, 0.717) is 5.16 Å². The molecule has 0 saturated carbocycles. The first kappa shape index (κ1) is 18.7. The molecule has 1 atom stereocenters. The summed E-state index contributed by atoms with van der Waals surface area (Å²) in [4.78, 5) is 11.5. The average Bonchev–Trinajstić information content (AvgIpc) is 2.98. The normalized spacial score (nSPS) is 12.2. The van der Waals surface area contributed by atoms with Crippen molar-refractivity contribution in [2.75, 3.05) is 0 Å². The Labute approximate surface area is 165 Å². The number of hydrogen-bond donors (Lipinski definition) is 1. The summed E-state index contributed by atoms with van der Waals surface area (Å²) >= 11 is 4.77. The molecule has 1 unspecified atom stereocenters. The summed E-state index contributed by atoms with van der Waals surface area (Å²) in [6, 6.07) is 14.2. The quantitative estimate of drug-likeness (QED) is 0.612. The van der Waals surface area contributed by atoms with Gasteiger partial charge in [0.2, 0.25) is 5.91 Å². The first-order valence-corrected chi connectivity index (χ1v) is 9.78. The Balaban J connectivity index is 2.17. The number of aryl methyl sites for hydroxylation is 2. The SMILES string of the molecule is Cc1cc(C)cc(-n2c(SC(C)C(N)=O)nnc2-c2ccc(Br)cc2)c1. The number of benzene rings is 2. The summed E-state index contributed by atoms with van der Waals surface area (Å²) in [6.07, 6.45) is 0. The highest BCUT2D eigenvalue weighted by atomic mass is 79.9. The molecule has 26 heavy (non-hydrogen) atoms. The second kappa shape index (κ2) is 7.63. The molecule has 0 aliphatic rings. The number of amides is 1. The number of hydrogen-bond acceptors (Lipinski definition) is 4. The minimum atomic E-state index is -0.401. The minimum absolute atomic E-state index is 0.379. The molecule has 0 saturated heterocycles. The van der Waals surface area contributed by atoms with Crippen LogP contribution in [-0.4, -0.2) is 25.9 Å². The van der Waals surface area contributed by atoms with Crippen LogP contribution in [0.25, 0.3) is 17.1 Å². The predicted octanol–water partition coefficient (Wildman–Crippen LogP) is 4.28. The molecule has 0 spiro atoms. The third-order valence-corrected chi connectivity index (χ3v) is 5.47. The smallest absolute Gasteiger partial charge is 0.230 e. The number of nitrogens with two attached hydrogens (primary N) is 1. The number of halogens is 1. The van der Waals surface area contributed by atoms with E-state index in [4.69, 9.17) is 5.73 Å². The van der Waals surface area contributed by atoms with Crippen LogP contribution in [0.4, 0.5) is 0 Å². The van der Waals surface area contributed by atoms with Gasteiger partial charge in [0.05, 0.1) is 10.9 Å². The van der Waals surface area contributed by atoms with E-state index >= 15 is 0 Å². The number of primary amides is 1. The summed E-state index contributed by atoms with van der Waals surface area (Å²) in [5.41, 5.74) is 9.63. The van der Waals surface area contributed by atoms with Crippen LogP contribution < -0.4 is 5.73 Å². The lowest BCUT2D eigenvalue weighted by Gasteiger charge is -2.13. The van der Waals surface area contributed by atoms with E-state index in [9.17, 15) is 4.79 Å². The third kappa shape index (κ3) is 3.99. The summed E-state index contributed by atoms with van der Waals surface area (Å²) in [7, 11) is 0. The second-order valence-corrected chi connectivity index (χ2v) is 8.38. The van der Waals surface area contributed by atoms with Gasteiger partial charge in [-0.25, -0.2) is 0 Å². The highest BCUT2D eigenvalue weighted by Gasteiger charge is 2.20. The Kier molecular flexibility index (Phi) is 5.48. The Morgan fingerprint density at radius 3 is 2.31 bits per heavy atom. The highest BCUT2D eigenvalue weighted by molar-refractivity contribution is 9.10. The maximum Gasteiger partial charge on any atom is 0.230 e. The molecule has 7 heteroatoms. The molecule has 1 heterocycles.